The average molecular weight is 502 g/mol. The van der Waals surface area contributed by atoms with Gasteiger partial charge in [-0.2, -0.15) is 0 Å². The lowest BCUT2D eigenvalue weighted by atomic mass is 10.2. The van der Waals surface area contributed by atoms with Gasteiger partial charge in [0.2, 0.25) is 5.91 Å². The third kappa shape index (κ3) is 6.43. The van der Waals surface area contributed by atoms with Crippen LogP contribution in [0.1, 0.15) is 34.1 Å². The van der Waals surface area contributed by atoms with Crippen molar-refractivity contribution in [3.05, 3.63) is 65.7 Å². The highest BCUT2D eigenvalue weighted by Crippen LogP contribution is 2.37. The van der Waals surface area contributed by atoms with Gasteiger partial charge in [0.25, 0.3) is 11.4 Å². The summed E-state index contributed by atoms with van der Waals surface area (Å²) in [6.07, 6.45) is 0.179. The maximum atomic E-state index is 11.9. The molecule has 0 saturated heterocycles. The second kappa shape index (κ2) is 11.3. The third-order valence-electron chi connectivity index (χ3n) is 4.03. The number of primary amides is 1. The lowest BCUT2D eigenvalue weighted by Crippen LogP contribution is -2.12. The number of carbonyl (C=O) groups excluding carboxylic acids is 2. The zero-order chi connectivity index (χ0) is 24.7. The minimum Gasteiger partial charge on any atom is -0.492 e. The van der Waals surface area contributed by atoms with Gasteiger partial charge in [-0.25, -0.2) is 4.79 Å². The van der Waals surface area contributed by atoms with E-state index in [2.05, 4.69) is 0 Å². The lowest BCUT2D eigenvalue weighted by Gasteiger charge is -2.12. The monoisotopic (exact) mass is 501 g/mol. The van der Waals surface area contributed by atoms with E-state index in [0.717, 1.165) is 12.1 Å². The van der Waals surface area contributed by atoms with E-state index in [0.29, 0.717) is 0 Å². The Balaban J connectivity index is 2.10. The van der Waals surface area contributed by atoms with Crippen LogP contribution in [-0.2, 0) is 4.74 Å². The van der Waals surface area contributed by atoms with Gasteiger partial charge in [-0.3, -0.25) is 25.0 Å². The van der Waals surface area contributed by atoms with Crippen LogP contribution in [0.15, 0.2) is 24.3 Å². The van der Waals surface area contributed by atoms with Crippen molar-refractivity contribution in [3.8, 4) is 11.5 Å². The minimum absolute atomic E-state index is 0.0572. The number of carbonyl (C=O) groups is 2. The molecule has 0 aliphatic rings. The topological polar surface area (TPSA) is 174 Å². The molecule has 2 aromatic carbocycles. The van der Waals surface area contributed by atoms with Gasteiger partial charge >= 0.3 is 5.97 Å². The molecule has 0 aliphatic carbocycles. The normalized spacial score (nSPS) is 10.4. The molecule has 14 heteroatoms. The Morgan fingerprint density at radius 2 is 1.36 bits per heavy atom. The third-order valence-corrected chi connectivity index (χ3v) is 4.79. The highest BCUT2D eigenvalue weighted by molar-refractivity contribution is 6.34. The predicted octanol–water partition coefficient (Wildman–Crippen LogP) is 3.93. The number of benzene rings is 2. The van der Waals surface area contributed by atoms with Crippen molar-refractivity contribution in [2.45, 2.75) is 13.3 Å². The number of nitrogens with zero attached hydrogens (tertiary/aromatic N) is 2. The molecule has 0 bridgehead atoms. The van der Waals surface area contributed by atoms with Crippen molar-refractivity contribution in [1.29, 1.82) is 0 Å². The van der Waals surface area contributed by atoms with Gasteiger partial charge in [-0.05, 0) is 19.1 Å². The van der Waals surface area contributed by atoms with Gasteiger partial charge in [-0.1, -0.05) is 23.2 Å². The second-order valence-corrected chi connectivity index (χ2v) is 7.02. The van der Waals surface area contributed by atoms with Crippen LogP contribution in [-0.4, -0.2) is 41.5 Å². The Morgan fingerprint density at radius 3 is 1.79 bits per heavy atom. The number of hydrogen-bond acceptors (Lipinski definition) is 9. The number of esters is 1. The summed E-state index contributed by atoms with van der Waals surface area (Å²) in [5.41, 5.74) is 3.82. The summed E-state index contributed by atoms with van der Waals surface area (Å²) in [7, 11) is 0. The average Bonchev–Trinajstić information content (AvgIpc) is 2.74. The first-order valence-electron chi connectivity index (χ1n) is 9.25. The summed E-state index contributed by atoms with van der Waals surface area (Å²) >= 11 is 12.0. The molecule has 0 aromatic heterocycles. The second-order valence-electron chi connectivity index (χ2n) is 6.26. The molecule has 2 rings (SSSR count). The van der Waals surface area contributed by atoms with E-state index in [4.69, 9.17) is 43.1 Å². The summed E-state index contributed by atoms with van der Waals surface area (Å²) < 4.78 is 15.7. The van der Waals surface area contributed by atoms with Gasteiger partial charge in [0.15, 0.2) is 10.0 Å². The summed E-state index contributed by atoms with van der Waals surface area (Å²) in [6.45, 7) is 1.54. The first kappa shape index (κ1) is 25.6. The number of nitro benzene ring substituents is 2. The van der Waals surface area contributed by atoms with Crippen LogP contribution in [0.5, 0.6) is 11.5 Å². The van der Waals surface area contributed by atoms with E-state index >= 15 is 0 Å². The molecule has 33 heavy (non-hydrogen) atoms. The molecular formula is C19H17Cl2N3O9. The fourth-order valence-electron chi connectivity index (χ4n) is 2.54. The fraction of sp³-hybridized carbons (Fsp3) is 0.263. The van der Waals surface area contributed by atoms with Crippen molar-refractivity contribution in [1.82, 2.24) is 0 Å². The molecule has 0 unspecified atom stereocenters. The largest absolute Gasteiger partial charge is 0.492 e. The fourth-order valence-corrected chi connectivity index (χ4v) is 3.01. The molecule has 0 heterocycles. The summed E-state index contributed by atoms with van der Waals surface area (Å²) in [6, 6.07) is 4.30. The van der Waals surface area contributed by atoms with E-state index in [1.54, 1.807) is 6.92 Å². The van der Waals surface area contributed by atoms with Crippen LogP contribution in [0.2, 0.25) is 10.0 Å². The Hall–Kier alpha value is -3.64. The molecule has 176 valence electrons. The van der Waals surface area contributed by atoms with Gasteiger partial charge in [0, 0.05) is 24.1 Å². The van der Waals surface area contributed by atoms with Crippen LogP contribution in [0, 0.1) is 20.2 Å². The lowest BCUT2D eigenvalue weighted by molar-refractivity contribution is -0.384. The summed E-state index contributed by atoms with van der Waals surface area (Å²) in [4.78, 5) is 44.1. The molecule has 2 N–H and O–H groups in total. The van der Waals surface area contributed by atoms with Crippen LogP contribution in [0.3, 0.4) is 0 Å². The van der Waals surface area contributed by atoms with Crippen LogP contribution in [0.4, 0.5) is 11.4 Å². The molecule has 12 nitrogen and oxygen atoms in total. The number of nitro groups is 2. The van der Waals surface area contributed by atoms with Crippen molar-refractivity contribution in [2.24, 2.45) is 5.73 Å². The van der Waals surface area contributed by atoms with Gasteiger partial charge in [0.1, 0.15) is 11.5 Å². The summed E-state index contributed by atoms with van der Waals surface area (Å²) in [5, 5.41) is 21.7. The number of amides is 1. The van der Waals surface area contributed by atoms with Crippen LogP contribution < -0.4 is 15.2 Å². The van der Waals surface area contributed by atoms with E-state index in [1.165, 1.54) is 12.1 Å². The smallest absolute Gasteiger partial charge is 0.338 e. The van der Waals surface area contributed by atoms with Gasteiger partial charge in [-0.15, -0.1) is 0 Å². The Kier molecular flexibility index (Phi) is 8.77. The Morgan fingerprint density at radius 1 is 0.909 bits per heavy atom. The molecule has 0 spiro atoms. The number of rotatable bonds is 11. The highest BCUT2D eigenvalue weighted by atomic mass is 35.5. The number of hydrogen-bond donors (Lipinski definition) is 1. The quantitative estimate of drug-likeness (QED) is 0.207. The first-order valence-corrected chi connectivity index (χ1v) is 10.0. The standard InChI is InChI=1S/C19H17Cl2N3O9/c1-2-31-19(26)11-7-13(24(29)30)17(21)15(9-11)33-5-3-4-32-14-8-10(18(22)25)6-12(16(14)20)23(27)28/h6-9H,2-5H2,1H3,(H2,22,25). The zero-order valence-electron chi connectivity index (χ0n) is 17.0. The van der Waals surface area contributed by atoms with Crippen molar-refractivity contribution < 1.29 is 33.6 Å². The van der Waals surface area contributed by atoms with Gasteiger partial charge in [0.05, 0.1) is 35.2 Å². The minimum atomic E-state index is -0.902. The molecule has 0 fully saturated rings. The molecule has 0 aliphatic heterocycles. The highest BCUT2D eigenvalue weighted by Gasteiger charge is 2.23. The van der Waals surface area contributed by atoms with E-state index in [-0.39, 0.29) is 58.9 Å². The Labute approximate surface area is 196 Å². The van der Waals surface area contributed by atoms with Crippen molar-refractivity contribution in [3.63, 3.8) is 0 Å². The SMILES string of the molecule is CCOC(=O)c1cc(OCCCOc2cc(C(N)=O)cc([N+](=O)[O-])c2Cl)c(Cl)c([N+](=O)[O-])c1. The van der Waals surface area contributed by atoms with Crippen LogP contribution >= 0.6 is 23.2 Å². The molecule has 0 radical (unpaired) electrons. The summed E-state index contributed by atoms with van der Waals surface area (Å²) in [5.74, 6) is -1.92. The molecule has 1 amide bonds. The molecule has 0 saturated carbocycles. The zero-order valence-corrected chi connectivity index (χ0v) is 18.6. The van der Waals surface area contributed by atoms with Gasteiger partial charge < -0.3 is 19.9 Å². The molecule has 2 aromatic rings. The van der Waals surface area contributed by atoms with Crippen molar-refractivity contribution in [2.75, 3.05) is 19.8 Å². The molecule has 0 atom stereocenters. The van der Waals surface area contributed by atoms with Crippen molar-refractivity contribution >= 4 is 46.5 Å². The maximum absolute atomic E-state index is 11.9. The predicted molar refractivity (Wildman–Crippen MR) is 116 cm³/mol. The van der Waals surface area contributed by atoms with E-state index in [1.807, 2.05) is 0 Å². The van der Waals surface area contributed by atoms with E-state index < -0.39 is 33.1 Å². The maximum Gasteiger partial charge on any atom is 0.338 e. The van der Waals surface area contributed by atoms with Crippen LogP contribution in [0.25, 0.3) is 0 Å². The number of halogens is 2. The van der Waals surface area contributed by atoms with E-state index in [9.17, 15) is 29.8 Å². The number of nitrogens with two attached hydrogens (primary N) is 1. The Bertz CT molecular complexity index is 1110. The first-order chi connectivity index (χ1) is 15.6. The molecular weight excluding hydrogens is 485 g/mol. The number of ether oxygens (including phenoxy) is 3.